The van der Waals surface area contributed by atoms with Gasteiger partial charge in [0.05, 0.1) is 23.6 Å². The molecule has 2 aromatic rings. The molecule has 116 valence electrons. The molecule has 0 aliphatic heterocycles. The lowest BCUT2D eigenvalue weighted by Gasteiger charge is -2.18. The van der Waals surface area contributed by atoms with Gasteiger partial charge in [0, 0.05) is 26.0 Å². The number of nitrogens with one attached hydrogen (secondary N) is 1. The van der Waals surface area contributed by atoms with Crippen molar-refractivity contribution >= 4 is 11.9 Å². The van der Waals surface area contributed by atoms with E-state index in [1.54, 1.807) is 0 Å². The molecule has 0 bridgehead atoms. The predicted molar refractivity (Wildman–Crippen MR) is 84.2 cm³/mol. The van der Waals surface area contributed by atoms with Crippen LogP contribution >= 0.6 is 0 Å². The molecule has 0 spiro atoms. The van der Waals surface area contributed by atoms with Gasteiger partial charge in [-0.05, 0) is 37.8 Å². The molecule has 3 rings (SSSR count). The highest BCUT2D eigenvalue weighted by atomic mass is 16.5. The number of H-pyrrole nitrogens is 1. The van der Waals surface area contributed by atoms with Crippen molar-refractivity contribution in [3.63, 3.8) is 0 Å². The van der Waals surface area contributed by atoms with Crippen LogP contribution in [0.5, 0.6) is 0 Å². The molecule has 0 radical (unpaired) electrons. The van der Waals surface area contributed by atoms with E-state index in [0.717, 1.165) is 41.1 Å². The highest BCUT2D eigenvalue weighted by molar-refractivity contribution is 5.95. The number of aromatic amines is 1. The van der Waals surface area contributed by atoms with Gasteiger partial charge in [0.1, 0.15) is 0 Å². The second-order valence-electron chi connectivity index (χ2n) is 5.64. The number of rotatable bonds is 3. The maximum atomic E-state index is 12.2. The molecule has 0 atom stereocenters. The zero-order chi connectivity index (χ0) is 15.9. The van der Waals surface area contributed by atoms with Crippen molar-refractivity contribution in [2.24, 2.45) is 0 Å². The first-order valence-electron chi connectivity index (χ1n) is 7.45. The van der Waals surface area contributed by atoms with E-state index in [2.05, 4.69) is 15.0 Å². The number of nitrogens with zero attached hydrogens (tertiary/aromatic N) is 3. The third-order valence-corrected chi connectivity index (χ3v) is 3.90. The maximum Gasteiger partial charge on any atom is 0.340 e. The molecule has 6 heteroatoms. The van der Waals surface area contributed by atoms with Crippen molar-refractivity contribution < 1.29 is 9.53 Å². The smallest absolute Gasteiger partial charge is 0.340 e. The monoisotopic (exact) mass is 300 g/mol. The van der Waals surface area contributed by atoms with E-state index in [1.165, 1.54) is 0 Å². The van der Waals surface area contributed by atoms with Gasteiger partial charge < -0.3 is 14.6 Å². The lowest BCUT2D eigenvalue weighted by atomic mass is 9.92. The third-order valence-electron chi connectivity index (χ3n) is 3.90. The fourth-order valence-corrected chi connectivity index (χ4v) is 2.88. The Bertz CT molecular complexity index is 734. The van der Waals surface area contributed by atoms with Crippen LogP contribution in [0.3, 0.4) is 0 Å². The summed E-state index contributed by atoms with van der Waals surface area (Å²) in [6.07, 6.45) is 3.51. The number of hydrogen-bond acceptors (Lipinski definition) is 5. The number of aryl methyl sites for hydroxylation is 2. The van der Waals surface area contributed by atoms with Gasteiger partial charge in [0.15, 0.2) is 0 Å². The number of carbonyl (C=O) groups is 1. The summed E-state index contributed by atoms with van der Waals surface area (Å²) in [5.74, 6) is 0.402. The molecule has 0 fully saturated rings. The zero-order valence-corrected chi connectivity index (χ0v) is 13.4. The average Bonchev–Trinajstić information content (AvgIpc) is 2.83. The van der Waals surface area contributed by atoms with Gasteiger partial charge in [-0.1, -0.05) is 0 Å². The van der Waals surface area contributed by atoms with Crippen molar-refractivity contribution in [2.45, 2.75) is 26.7 Å². The maximum absolute atomic E-state index is 12.2. The van der Waals surface area contributed by atoms with Crippen LogP contribution in [0.1, 0.15) is 34.1 Å². The van der Waals surface area contributed by atoms with Gasteiger partial charge in [0.25, 0.3) is 0 Å². The summed E-state index contributed by atoms with van der Waals surface area (Å²) in [6, 6.07) is 0. The molecule has 0 unspecified atom stereocenters. The average molecular weight is 300 g/mol. The Hall–Kier alpha value is -2.37. The van der Waals surface area contributed by atoms with Crippen molar-refractivity contribution in [1.82, 2.24) is 15.0 Å². The zero-order valence-electron chi connectivity index (χ0n) is 13.4. The number of aromatic nitrogens is 3. The molecule has 1 aliphatic rings. The lowest BCUT2D eigenvalue weighted by molar-refractivity contribution is 0.0524. The molecule has 0 amide bonds. The van der Waals surface area contributed by atoms with Crippen molar-refractivity contribution in [2.75, 3.05) is 25.6 Å². The molecule has 1 aliphatic carbocycles. The minimum Gasteiger partial charge on any atom is -0.462 e. The van der Waals surface area contributed by atoms with E-state index in [-0.39, 0.29) is 5.97 Å². The van der Waals surface area contributed by atoms with E-state index in [9.17, 15) is 4.79 Å². The first-order chi connectivity index (χ1) is 10.5. The fraction of sp³-hybridized carbons (Fsp3) is 0.438. The number of fused-ring (bicyclic) bond motifs is 3. The summed E-state index contributed by atoms with van der Waals surface area (Å²) in [5.41, 5.74) is 5.42. The van der Waals surface area contributed by atoms with E-state index < -0.39 is 0 Å². The molecule has 2 heterocycles. The molecular weight excluding hydrogens is 280 g/mol. The van der Waals surface area contributed by atoms with Crippen LogP contribution in [-0.2, 0) is 17.6 Å². The van der Waals surface area contributed by atoms with E-state index in [4.69, 9.17) is 4.74 Å². The standard InChI is InChI=1S/C16H20N4O2/c1-5-22-15(21)12-9(2)18-14-11(12)7-6-10-8-17-16(20(3)4)19-13(10)14/h8,18H,5-7H2,1-4H3. The van der Waals surface area contributed by atoms with E-state index >= 15 is 0 Å². The van der Waals surface area contributed by atoms with Crippen LogP contribution in [0.15, 0.2) is 6.20 Å². The SMILES string of the molecule is CCOC(=O)c1c(C)[nH]c2c1CCc1cnc(N(C)C)nc1-2. The summed E-state index contributed by atoms with van der Waals surface area (Å²) >= 11 is 0. The Morgan fingerprint density at radius 2 is 2.18 bits per heavy atom. The summed E-state index contributed by atoms with van der Waals surface area (Å²) in [7, 11) is 3.82. The largest absolute Gasteiger partial charge is 0.462 e. The number of esters is 1. The number of ether oxygens (including phenoxy) is 1. The Morgan fingerprint density at radius 1 is 1.41 bits per heavy atom. The molecule has 0 aromatic carbocycles. The van der Waals surface area contributed by atoms with Crippen molar-refractivity contribution in [3.05, 3.63) is 28.6 Å². The Labute approximate surface area is 129 Å². The summed E-state index contributed by atoms with van der Waals surface area (Å²) in [4.78, 5) is 26.4. The molecule has 6 nitrogen and oxygen atoms in total. The Morgan fingerprint density at radius 3 is 2.86 bits per heavy atom. The van der Waals surface area contributed by atoms with Gasteiger partial charge in [0.2, 0.25) is 5.95 Å². The van der Waals surface area contributed by atoms with Crippen LogP contribution < -0.4 is 4.90 Å². The number of hydrogen-bond donors (Lipinski definition) is 1. The van der Waals surface area contributed by atoms with Gasteiger partial charge in [-0.15, -0.1) is 0 Å². The second-order valence-corrected chi connectivity index (χ2v) is 5.64. The normalized spacial score (nSPS) is 12.5. The minimum atomic E-state index is -0.261. The first kappa shape index (κ1) is 14.6. The number of anilines is 1. The molecule has 2 aromatic heterocycles. The second kappa shape index (κ2) is 5.44. The van der Waals surface area contributed by atoms with Crippen LogP contribution in [0.2, 0.25) is 0 Å². The first-order valence-corrected chi connectivity index (χ1v) is 7.45. The molecular formula is C16H20N4O2. The van der Waals surface area contributed by atoms with Crippen molar-refractivity contribution in [1.29, 1.82) is 0 Å². The van der Waals surface area contributed by atoms with Gasteiger partial charge in [-0.25, -0.2) is 14.8 Å². The molecule has 22 heavy (non-hydrogen) atoms. The highest BCUT2D eigenvalue weighted by Crippen LogP contribution is 2.35. The molecule has 0 saturated carbocycles. The topological polar surface area (TPSA) is 71.1 Å². The summed E-state index contributed by atoms with van der Waals surface area (Å²) < 4.78 is 5.18. The fourth-order valence-electron chi connectivity index (χ4n) is 2.88. The lowest BCUT2D eigenvalue weighted by Crippen LogP contribution is -2.16. The summed E-state index contributed by atoms with van der Waals surface area (Å²) in [6.45, 7) is 4.10. The molecule has 0 saturated heterocycles. The highest BCUT2D eigenvalue weighted by Gasteiger charge is 2.28. The molecule has 1 N–H and O–H groups in total. The predicted octanol–water partition coefficient (Wildman–Crippen LogP) is 2.12. The van der Waals surface area contributed by atoms with Crippen LogP contribution in [0.4, 0.5) is 5.95 Å². The van der Waals surface area contributed by atoms with E-state index in [1.807, 2.05) is 39.0 Å². The number of carbonyl (C=O) groups excluding carboxylic acids is 1. The Balaban J connectivity index is 2.13. The van der Waals surface area contributed by atoms with Gasteiger partial charge in [-0.2, -0.15) is 0 Å². The van der Waals surface area contributed by atoms with Gasteiger partial charge in [-0.3, -0.25) is 0 Å². The summed E-state index contributed by atoms with van der Waals surface area (Å²) in [5, 5.41) is 0. The van der Waals surface area contributed by atoms with E-state index in [0.29, 0.717) is 18.1 Å². The van der Waals surface area contributed by atoms with Crippen LogP contribution in [-0.4, -0.2) is 41.6 Å². The van der Waals surface area contributed by atoms with Crippen LogP contribution in [0.25, 0.3) is 11.4 Å². The third kappa shape index (κ3) is 2.24. The van der Waals surface area contributed by atoms with Crippen molar-refractivity contribution in [3.8, 4) is 11.4 Å². The Kier molecular flexibility index (Phi) is 3.60. The van der Waals surface area contributed by atoms with Crippen LogP contribution in [0, 0.1) is 6.92 Å². The van der Waals surface area contributed by atoms with Gasteiger partial charge >= 0.3 is 5.97 Å². The quantitative estimate of drug-likeness (QED) is 0.879. The minimum absolute atomic E-state index is 0.261.